The van der Waals surface area contributed by atoms with Crippen molar-refractivity contribution in [2.24, 2.45) is 0 Å². The molecule has 1 heterocycles. The Bertz CT molecular complexity index is 1310. The van der Waals surface area contributed by atoms with Gasteiger partial charge in [-0.15, -0.1) is 0 Å². The van der Waals surface area contributed by atoms with Gasteiger partial charge in [0.2, 0.25) is 0 Å². The van der Waals surface area contributed by atoms with Crippen LogP contribution in [0.1, 0.15) is 10.4 Å². The lowest BCUT2D eigenvalue weighted by Crippen LogP contribution is -2.12. The van der Waals surface area contributed by atoms with Crippen LogP contribution in [0, 0.1) is 0 Å². The standard InChI is InChI=1S/C23H15Cl2NO4/c1-29-21-18(24)11-15(12-19(21)25)22(27)26-16-7-4-6-13(9-16)17-10-14-5-2-3-8-20(14)30-23(17)28/h2-12H,1H3,(H,26,27). The number of para-hydroxylation sites is 1. The van der Waals surface area contributed by atoms with E-state index in [1.165, 1.54) is 19.2 Å². The van der Waals surface area contributed by atoms with Crippen LogP contribution in [0.2, 0.25) is 10.0 Å². The molecule has 0 fully saturated rings. The summed E-state index contributed by atoms with van der Waals surface area (Å²) in [6.45, 7) is 0. The molecule has 0 saturated heterocycles. The number of methoxy groups -OCH3 is 1. The van der Waals surface area contributed by atoms with E-state index in [0.29, 0.717) is 28.1 Å². The van der Waals surface area contributed by atoms with Gasteiger partial charge in [-0.3, -0.25) is 4.79 Å². The fraction of sp³-hybridized carbons (Fsp3) is 0.0435. The lowest BCUT2D eigenvalue weighted by atomic mass is 10.1. The number of ether oxygens (including phenoxy) is 1. The Hall–Kier alpha value is -3.28. The maximum Gasteiger partial charge on any atom is 0.344 e. The van der Waals surface area contributed by atoms with E-state index in [1.807, 2.05) is 12.1 Å². The molecule has 1 amide bonds. The normalized spacial score (nSPS) is 10.8. The second-order valence-corrected chi connectivity index (χ2v) is 7.31. The first-order chi connectivity index (χ1) is 14.5. The molecule has 0 unspecified atom stereocenters. The van der Waals surface area contributed by atoms with Gasteiger partial charge in [-0.25, -0.2) is 4.79 Å². The van der Waals surface area contributed by atoms with E-state index in [4.69, 9.17) is 32.4 Å². The number of fused-ring (bicyclic) bond motifs is 1. The summed E-state index contributed by atoms with van der Waals surface area (Å²) in [6, 6.07) is 18.9. The van der Waals surface area contributed by atoms with Crippen LogP contribution in [-0.4, -0.2) is 13.0 Å². The third-order valence-electron chi connectivity index (χ3n) is 4.54. The van der Waals surface area contributed by atoms with Gasteiger partial charge in [-0.05, 0) is 42.0 Å². The summed E-state index contributed by atoms with van der Waals surface area (Å²) in [5.41, 5.74) is 1.88. The molecule has 7 heteroatoms. The van der Waals surface area contributed by atoms with Gasteiger partial charge in [0.1, 0.15) is 5.58 Å². The number of amides is 1. The number of benzene rings is 3. The van der Waals surface area contributed by atoms with Crippen molar-refractivity contribution in [1.29, 1.82) is 0 Å². The molecule has 0 radical (unpaired) electrons. The van der Waals surface area contributed by atoms with Crippen LogP contribution in [0.15, 0.2) is 75.9 Å². The fourth-order valence-corrected chi connectivity index (χ4v) is 3.76. The topological polar surface area (TPSA) is 68.5 Å². The highest BCUT2D eigenvalue weighted by Gasteiger charge is 2.14. The second-order valence-electron chi connectivity index (χ2n) is 6.49. The number of hydrogen-bond donors (Lipinski definition) is 1. The van der Waals surface area contributed by atoms with Gasteiger partial charge in [0.25, 0.3) is 5.91 Å². The number of halogens is 2. The SMILES string of the molecule is COc1c(Cl)cc(C(=O)Nc2cccc(-c3cc4ccccc4oc3=O)c2)cc1Cl. The minimum atomic E-state index is -0.453. The van der Waals surface area contributed by atoms with Crippen molar-refractivity contribution in [3.63, 3.8) is 0 Å². The van der Waals surface area contributed by atoms with Gasteiger partial charge >= 0.3 is 5.63 Å². The predicted octanol–water partition coefficient (Wildman–Crippen LogP) is 6.03. The molecular weight excluding hydrogens is 425 g/mol. The highest BCUT2D eigenvalue weighted by atomic mass is 35.5. The van der Waals surface area contributed by atoms with Gasteiger partial charge < -0.3 is 14.5 Å². The number of rotatable bonds is 4. The van der Waals surface area contributed by atoms with Gasteiger partial charge in [-0.1, -0.05) is 53.5 Å². The molecule has 3 aromatic carbocycles. The summed E-state index contributed by atoms with van der Waals surface area (Å²) >= 11 is 12.2. The Morgan fingerprint density at radius 2 is 1.70 bits per heavy atom. The van der Waals surface area contributed by atoms with Gasteiger partial charge in [0, 0.05) is 16.6 Å². The number of nitrogens with one attached hydrogen (secondary N) is 1. The maximum atomic E-state index is 12.7. The first-order valence-electron chi connectivity index (χ1n) is 8.94. The fourth-order valence-electron chi connectivity index (χ4n) is 3.12. The summed E-state index contributed by atoms with van der Waals surface area (Å²) in [5, 5.41) is 4.06. The van der Waals surface area contributed by atoms with E-state index >= 15 is 0 Å². The van der Waals surface area contributed by atoms with E-state index in [-0.39, 0.29) is 15.6 Å². The smallest absolute Gasteiger partial charge is 0.344 e. The highest BCUT2D eigenvalue weighted by Crippen LogP contribution is 2.34. The molecule has 1 aromatic heterocycles. The second kappa shape index (κ2) is 8.22. The van der Waals surface area contributed by atoms with Crippen LogP contribution in [-0.2, 0) is 0 Å². The van der Waals surface area contributed by atoms with Crippen LogP contribution in [0.4, 0.5) is 5.69 Å². The molecule has 0 atom stereocenters. The lowest BCUT2D eigenvalue weighted by molar-refractivity contribution is 0.102. The minimum absolute atomic E-state index is 0.234. The molecule has 0 aliphatic rings. The Morgan fingerprint density at radius 1 is 0.967 bits per heavy atom. The maximum absolute atomic E-state index is 12.7. The first-order valence-corrected chi connectivity index (χ1v) is 9.69. The van der Waals surface area contributed by atoms with Crippen molar-refractivity contribution in [3.8, 4) is 16.9 Å². The van der Waals surface area contributed by atoms with E-state index in [1.54, 1.807) is 42.5 Å². The summed E-state index contributed by atoms with van der Waals surface area (Å²) < 4.78 is 10.5. The predicted molar refractivity (Wildman–Crippen MR) is 119 cm³/mol. The van der Waals surface area contributed by atoms with Crippen molar-refractivity contribution in [2.75, 3.05) is 12.4 Å². The molecule has 4 aromatic rings. The average molecular weight is 440 g/mol. The number of carbonyl (C=O) groups excluding carboxylic acids is 1. The van der Waals surface area contributed by atoms with E-state index < -0.39 is 11.5 Å². The molecule has 0 aliphatic heterocycles. The molecule has 0 spiro atoms. The molecule has 1 N–H and O–H groups in total. The molecular formula is C23H15Cl2NO4. The van der Waals surface area contributed by atoms with Crippen molar-refractivity contribution >= 4 is 45.8 Å². The van der Waals surface area contributed by atoms with E-state index in [9.17, 15) is 9.59 Å². The molecule has 150 valence electrons. The Labute approximate surface area is 181 Å². The zero-order valence-corrected chi connectivity index (χ0v) is 17.3. The third kappa shape index (κ3) is 3.90. The van der Waals surface area contributed by atoms with E-state index in [2.05, 4.69) is 5.32 Å². The first kappa shape index (κ1) is 20.0. The third-order valence-corrected chi connectivity index (χ3v) is 5.10. The zero-order chi connectivity index (χ0) is 21.3. The van der Waals surface area contributed by atoms with Crippen molar-refractivity contribution in [2.45, 2.75) is 0 Å². The Kier molecular flexibility index (Phi) is 5.48. The number of carbonyl (C=O) groups is 1. The molecule has 0 aliphatic carbocycles. The largest absolute Gasteiger partial charge is 0.494 e. The Morgan fingerprint density at radius 3 is 2.43 bits per heavy atom. The monoisotopic (exact) mass is 439 g/mol. The quantitative estimate of drug-likeness (QED) is 0.394. The van der Waals surface area contributed by atoms with Crippen LogP contribution in [0.3, 0.4) is 0 Å². The minimum Gasteiger partial charge on any atom is -0.494 e. The molecule has 0 bridgehead atoms. The van der Waals surface area contributed by atoms with Gasteiger partial charge in [-0.2, -0.15) is 0 Å². The van der Waals surface area contributed by atoms with Crippen LogP contribution in [0.5, 0.6) is 5.75 Å². The van der Waals surface area contributed by atoms with Crippen LogP contribution >= 0.6 is 23.2 Å². The van der Waals surface area contributed by atoms with E-state index in [0.717, 1.165) is 5.39 Å². The van der Waals surface area contributed by atoms with Gasteiger partial charge in [0.05, 0.1) is 22.7 Å². The average Bonchev–Trinajstić information content (AvgIpc) is 2.73. The Balaban J connectivity index is 1.65. The highest BCUT2D eigenvalue weighted by molar-refractivity contribution is 6.37. The van der Waals surface area contributed by atoms with Crippen molar-refractivity contribution in [3.05, 3.63) is 92.8 Å². The molecule has 4 rings (SSSR count). The lowest BCUT2D eigenvalue weighted by Gasteiger charge is -2.10. The molecule has 0 saturated carbocycles. The molecule has 30 heavy (non-hydrogen) atoms. The summed E-state index contributed by atoms with van der Waals surface area (Å²) in [4.78, 5) is 25.1. The van der Waals surface area contributed by atoms with Crippen LogP contribution in [0.25, 0.3) is 22.1 Å². The van der Waals surface area contributed by atoms with Crippen LogP contribution < -0.4 is 15.7 Å². The van der Waals surface area contributed by atoms with Crippen molar-refractivity contribution in [1.82, 2.24) is 0 Å². The summed E-state index contributed by atoms with van der Waals surface area (Å²) in [6.07, 6.45) is 0. The zero-order valence-electron chi connectivity index (χ0n) is 15.7. The summed E-state index contributed by atoms with van der Waals surface area (Å²) in [7, 11) is 1.45. The number of hydrogen-bond acceptors (Lipinski definition) is 4. The number of anilines is 1. The summed E-state index contributed by atoms with van der Waals surface area (Å²) in [5.74, 6) is -0.0935. The van der Waals surface area contributed by atoms with Crippen molar-refractivity contribution < 1.29 is 13.9 Å². The van der Waals surface area contributed by atoms with Gasteiger partial charge in [0.15, 0.2) is 5.75 Å². The molecule has 5 nitrogen and oxygen atoms in total.